The second kappa shape index (κ2) is 9.16. The van der Waals surface area contributed by atoms with Crippen LogP contribution < -0.4 is 11.1 Å². The van der Waals surface area contributed by atoms with Gasteiger partial charge in [-0.2, -0.15) is 13.2 Å². The van der Waals surface area contributed by atoms with Crippen LogP contribution in [-0.4, -0.2) is 41.8 Å². The van der Waals surface area contributed by atoms with Gasteiger partial charge in [0, 0.05) is 0 Å². The van der Waals surface area contributed by atoms with E-state index in [9.17, 15) is 22.8 Å². The highest BCUT2D eigenvalue weighted by molar-refractivity contribution is 8.14. The minimum atomic E-state index is -4.93. The first-order chi connectivity index (χ1) is 11.6. The summed E-state index contributed by atoms with van der Waals surface area (Å²) in [5, 5.41) is 5.47. The summed E-state index contributed by atoms with van der Waals surface area (Å²) >= 11 is -0.120. The molecule has 1 amide bonds. The molecule has 2 atom stereocenters. The van der Waals surface area contributed by atoms with E-state index < -0.39 is 34.7 Å². The van der Waals surface area contributed by atoms with Gasteiger partial charge in [-0.3, -0.25) is 5.41 Å². The predicted octanol–water partition coefficient (Wildman–Crippen LogP) is 2.01. The van der Waals surface area contributed by atoms with Crippen LogP contribution in [0.4, 0.5) is 18.0 Å². The summed E-state index contributed by atoms with van der Waals surface area (Å²) in [4.78, 5) is 23.4. The molecule has 0 saturated heterocycles. The van der Waals surface area contributed by atoms with Crippen molar-refractivity contribution in [3.63, 3.8) is 0 Å². The van der Waals surface area contributed by atoms with Crippen LogP contribution in [0.15, 0.2) is 30.3 Å². The molecule has 4 N–H and O–H groups in total. The van der Waals surface area contributed by atoms with Crippen molar-refractivity contribution in [3.05, 3.63) is 35.9 Å². The van der Waals surface area contributed by atoms with E-state index in [-0.39, 0.29) is 18.4 Å². The molecule has 1 aromatic rings. The Kier molecular flexibility index (Phi) is 7.55. The number of amides is 1. The highest BCUT2D eigenvalue weighted by atomic mass is 32.2. The number of esters is 1. The number of rotatable bonds is 6. The molecule has 0 fully saturated rings. The zero-order valence-corrected chi connectivity index (χ0v) is 13.8. The third-order valence-electron chi connectivity index (χ3n) is 2.82. The lowest BCUT2D eigenvalue weighted by Gasteiger charge is -2.26. The maximum absolute atomic E-state index is 13.2. The van der Waals surface area contributed by atoms with Gasteiger partial charge in [-0.25, -0.2) is 9.59 Å². The van der Waals surface area contributed by atoms with Gasteiger partial charge in [0.2, 0.25) is 0 Å². The average molecular weight is 379 g/mol. The number of carbonyl (C=O) groups excluding carboxylic acids is 2. The maximum atomic E-state index is 13.2. The van der Waals surface area contributed by atoms with E-state index in [2.05, 4.69) is 4.74 Å². The second-order valence-electron chi connectivity index (χ2n) is 4.65. The lowest BCUT2D eigenvalue weighted by Crippen LogP contribution is -2.54. The first kappa shape index (κ1) is 20.6. The number of nitrogens with two attached hydrogens (primary N) is 1. The Morgan fingerprint density at radius 1 is 1.32 bits per heavy atom. The van der Waals surface area contributed by atoms with E-state index in [1.54, 1.807) is 30.3 Å². The first-order valence-electron chi connectivity index (χ1n) is 6.77. The van der Waals surface area contributed by atoms with Crippen LogP contribution in [0.25, 0.3) is 0 Å². The predicted molar refractivity (Wildman–Crippen MR) is 84.9 cm³/mol. The molecular weight excluding hydrogens is 363 g/mol. The van der Waals surface area contributed by atoms with Crippen LogP contribution in [0, 0.1) is 5.41 Å². The molecule has 0 radical (unpaired) electrons. The minimum Gasteiger partial charge on any atom is -0.467 e. The van der Waals surface area contributed by atoms with Crippen molar-refractivity contribution >= 4 is 29.0 Å². The van der Waals surface area contributed by atoms with E-state index in [1.807, 2.05) is 5.32 Å². The van der Waals surface area contributed by atoms with Gasteiger partial charge in [0.25, 0.3) is 0 Å². The third-order valence-corrected chi connectivity index (χ3v) is 3.87. The van der Waals surface area contributed by atoms with Gasteiger partial charge in [-0.15, -0.1) is 0 Å². The Labute approximate surface area is 145 Å². The molecule has 1 rings (SSSR count). The molecule has 0 heterocycles. The lowest BCUT2D eigenvalue weighted by molar-refractivity contribution is -0.157. The number of thioether (sulfide) groups is 1. The van der Waals surface area contributed by atoms with Crippen molar-refractivity contribution in [1.82, 2.24) is 5.32 Å². The van der Waals surface area contributed by atoms with Gasteiger partial charge < -0.3 is 20.5 Å². The molecule has 7 nitrogen and oxygen atoms in total. The van der Waals surface area contributed by atoms with E-state index in [4.69, 9.17) is 15.9 Å². The van der Waals surface area contributed by atoms with Crippen LogP contribution in [0.1, 0.15) is 5.56 Å². The van der Waals surface area contributed by atoms with Crippen LogP contribution in [0.3, 0.4) is 0 Å². The number of hydrogen-bond acceptors (Lipinski definition) is 6. The highest BCUT2D eigenvalue weighted by Crippen LogP contribution is 2.33. The molecule has 0 aliphatic heterocycles. The number of hydrogen-bond donors (Lipinski definition) is 3. The molecular formula is C14H16F3N3O4S. The van der Waals surface area contributed by atoms with Gasteiger partial charge in [0.15, 0.2) is 11.2 Å². The molecule has 0 bridgehead atoms. The van der Waals surface area contributed by atoms with Gasteiger partial charge in [-0.05, 0) is 5.56 Å². The van der Waals surface area contributed by atoms with Crippen molar-refractivity contribution < 1.29 is 32.2 Å². The molecule has 0 spiro atoms. The Morgan fingerprint density at radius 3 is 2.40 bits per heavy atom. The maximum Gasteiger partial charge on any atom is 0.408 e. The number of alkyl halides is 3. The smallest absolute Gasteiger partial charge is 0.408 e. The molecule has 138 valence electrons. The normalized spacial score (nSPS) is 13.4. The number of ether oxygens (including phenoxy) is 2. The third kappa shape index (κ3) is 6.91. The quantitative estimate of drug-likeness (QED) is 0.396. The minimum absolute atomic E-state index is 0.120. The van der Waals surface area contributed by atoms with Crippen molar-refractivity contribution in [2.45, 2.75) is 24.1 Å². The highest BCUT2D eigenvalue weighted by Gasteiger charge is 2.50. The summed E-state index contributed by atoms with van der Waals surface area (Å²) in [6, 6.07) is 6.30. The SMILES string of the molecule is COC(=O)[C@H](NC(=O)OCc1ccccc1)C(SC(=N)N)C(F)(F)F. The largest absolute Gasteiger partial charge is 0.467 e. The summed E-state index contributed by atoms with van der Waals surface area (Å²) < 4.78 is 48.6. The van der Waals surface area contributed by atoms with Crippen LogP contribution >= 0.6 is 11.8 Å². The number of alkyl carbamates (subject to hydrolysis) is 1. The number of benzene rings is 1. The second-order valence-corrected chi connectivity index (χ2v) is 5.83. The van der Waals surface area contributed by atoms with Gasteiger partial charge in [0.05, 0.1) is 7.11 Å². The number of methoxy groups -OCH3 is 1. The number of halogens is 3. The summed E-state index contributed by atoms with van der Waals surface area (Å²) in [5.41, 5.74) is 5.59. The zero-order valence-electron chi connectivity index (χ0n) is 13.0. The fourth-order valence-corrected chi connectivity index (χ4v) is 2.46. The van der Waals surface area contributed by atoms with Crippen molar-refractivity contribution in [3.8, 4) is 0 Å². The van der Waals surface area contributed by atoms with Crippen molar-refractivity contribution in [1.29, 1.82) is 5.41 Å². The topological polar surface area (TPSA) is 114 Å². The van der Waals surface area contributed by atoms with E-state index >= 15 is 0 Å². The number of nitrogens with one attached hydrogen (secondary N) is 2. The van der Waals surface area contributed by atoms with Gasteiger partial charge >= 0.3 is 18.2 Å². The molecule has 11 heteroatoms. The summed E-state index contributed by atoms with van der Waals surface area (Å²) in [5.74, 6) is -1.34. The van der Waals surface area contributed by atoms with Gasteiger partial charge in [-0.1, -0.05) is 42.1 Å². The first-order valence-corrected chi connectivity index (χ1v) is 7.65. The standard InChI is InChI=1S/C14H16F3N3O4S/c1-23-11(21)9(10(14(15,16)17)25-12(18)19)20-13(22)24-7-8-5-3-2-4-6-8/h2-6,9-10H,7H2,1H3,(H3,18,19)(H,20,22)/t9-,10?/m1/s1. The molecule has 0 aliphatic rings. The molecule has 1 aromatic carbocycles. The van der Waals surface area contributed by atoms with Gasteiger partial charge in [0.1, 0.15) is 11.9 Å². The summed E-state index contributed by atoms with van der Waals surface area (Å²) in [7, 11) is 0.873. The van der Waals surface area contributed by atoms with Crippen LogP contribution in [0.5, 0.6) is 0 Å². The van der Waals surface area contributed by atoms with E-state index in [1.165, 1.54) is 0 Å². The molecule has 1 unspecified atom stereocenters. The van der Waals surface area contributed by atoms with E-state index in [0.29, 0.717) is 5.56 Å². The Hall–Kier alpha value is -2.43. The lowest BCUT2D eigenvalue weighted by atomic mass is 10.2. The molecule has 0 aliphatic carbocycles. The Balaban J connectivity index is 2.84. The van der Waals surface area contributed by atoms with Crippen LogP contribution in [-0.2, 0) is 20.9 Å². The molecule has 0 aromatic heterocycles. The Bertz CT molecular complexity index is 613. The Morgan fingerprint density at radius 2 is 1.92 bits per heavy atom. The van der Waals surface area contributed by atoms with E-state index in [0.717, 1.165) is 7.11 Å². The van der Waals surface area contributed by atoms with Crippen molar-refractivity contribution in [2.24, 2.45) is 5.73 Å². The summed E-state index contributed by atoms with van der Waals surface area (Å²) in [6.45, 7) is -0.197. The van der Waals surface area contributed by atoms with Crippen molar-refractivity contribution in [2.75, 3.05) is 7.11 Å². The zero-order chi connectivity index (χ0) is 19.0. The fourth-order valence-electron chi connectivity index (χ4n) is 1.74. The number of amidine groups is 1. The average Bonchev–Trinajstić information content (AvgIpc) is 2.55. The summed E-state index contributed by atoms with van der Waals surface area (Å²) in [6.07, 6.45) is -6.17. The molecule has 0 saturated carbocycles. The fraction of sp³-hybridized carbons (Fsp3) is 0.357. The molecule has 25 heavy (non-hydrogen) atoms. The monoisotopic (exact) mass is 379 g/mol. The number of carbonyl (C=O) groups is 2. The van der Waals surface area contributed by atoms with Crippen LogP contribution in [0.2, 0.25) is 0 Å².